The molecule has 0 aromatic carbocycles. The third kappa shape index (κ3) is 5.57. The third-order valence-corrected chi connectivity index (χ3v) is 4.92. The molecule has 1 aromatic heterocycles. The molecule has 1 N–H and O–H groups in total. The topological polar surface area (TPSA) is 50.4 Å². The van der Waals surface area contributed by atoms with Crippen molar-refractivity contribution in [3.8, 4) is 0 Å². The van der Waals surface area contributed by atoms with Gasteiger partial charge in [-0.2, -0.15) is 5.10 Å². The minimum Gasteiger partial charge on any atom is -0.378 e. The van der Waals surface area contributed by atoms with Gasteiger partial charge in [-0.05, 0) is 53.1 Å². The Balaban J connectivity index is 2.04. The molecule has 2 unspecified atom stereocenters. The number of nitrogens with one attached hydrogen (secondary N) is 1. The van der Waals surface area contributed by atoms with Gasteiger partial charge >= 0.3 is 0 Å². The lowest BCUT2D eigenvalue weighted by molar-refractivity contribution is -0.0451. The van der Waals surface area contributed by atoms with E-state index in [1.807, 2.05) is 6.20 Å². The monoisotopic (exact) mass is 337 g/mol. The van der Waals surface area contributed by atoms with Crippen LogP contribution in [0.15, 0.2) is 6.20 Å². The van der Waals surface area contributed by atoms with E-state index in [1.165, 1.54) is 24.1 Å². The first-order chi connectivity index (χ1) is 11.7. The van der Waals surface area contributed by atoms with Gasteiger partial charge < -0.3 is 14.4 Å². The van der Waals surface area contributed by atoms with Gasteiger partial charge in [0.25, 0.3) is 0 Å². The number of hydrogen-bond acceptors (Lipinski definition) is 4. The molecule has 0 amide bonds. The molecule has 1 fully saturated rings. The maximum absolute atomic E-state index is 5.94. The van der Waals surface area contributed by atoms with Crippen LogP contribution >= 0.6 is 0 Å². The number of unbranched alkanes of at least 4 members (excludes halogenated alkanes) is 1. The molecule has 1 saturated carbocycles. The average molecular weight is 338 g/mol. The van der Waals surface area contributed by atoms with E-state index in [-0.39, 0.29) is 0 Å². The highest BCUT2D eigenvalue weighted by Crippen LogP contribution is 2.36. The molecule has 0 bridgehead atoms. The van der Waals surface area contributed by atoms with Crippen LogP contribution in [0.25, 0.3) is 0 Å². The van der Waals surface area contributed by atoms with Crippen LogP contribution in [0.5, 0.6) is 0 Å². The van der Waals surface area contributed by atoms with E-state index in [0.717, 1.165) is 45.6 Å². The number of nitrogens with zero attached hydrogens (tertiary/aromatic N) is 2. The maximum Gasteiger partial charge on any atom is 0.0606 e. The summed E-state index contributed by atoms with van der Waals surface area (Å²) in [5.74, 6) is 0.448. The predicted octanol–water partition coefficient (Wildman–Crippen LogP) is 3.72. The van der Waals surface area contributed by atoms with Crippen molar-refractivity contribution >= 4 is 0 Å². The molecule has 2 rings (SSSR count). The lowest BCUT2D eigenvalue weighted by atomic mass is 9.82. The molecule has 0 radical (unpaired) electrons. The molecule has 24 heavy (non-hydrogen) atoms. The van der Waals surface area contributed by atoms with Crippen LogP contribution in [0, 0.1) is 0 Å². The van der Waals surface area contributed by atoms with Crippen molar-refractivity contribution in [3.05, 3.63) is 17.5 Å². The molecule has 2 atom stereocenters. The second kappa shape index (κ2) is 10.2. The highest BCUT2D eigenvalue weighted by molar-refractivity contribution is 5.21. The summed E-state index contributed by atoms with van der Waals surface area (Å²) in [5, 5.41) is 7.61. The van der Waals surface area contributed by atoms with Crippen molar-refractivity contribution < 1.29 is 9.47 Å². The second-order valence-corrected chi connectivity index (χ2v) is 6.96. The first kappa shape index (κ1) is 19.4. The van der Waals surface area contributed by atoms with Gasteiger partial charge in [0.1, 0.15) is 0 Å². The Bertz CT molecular complexity index is 449. The van der Waals surface area contributed by atoms with Gasteiger partial charge in [-0.1, -0.05) is 13.3 Å². The average Bonchev–Trinajstić information content (AvgIpc) is 3.01. The summed E-state index contributed by atoms with van der Waals surface area (Å²) in [6.07, 6.45) is 8.19. The summed E-state index contributed by atoms with van der Waals surface area (Å²) in [6.45, 7) is 10.0. The Morgan fingerprint density at radius 1 is 1.12 bits per heavy atom. The van der Waals surface area contributed by atoms with Crippen LogP contribution in [0.2, 0.25) is 0 Å². The van der Waals surface area contributed by atoms with E-state index in [4.69, 9.17) is 9.47 Å². The third-order valence-electron chi connectivity index (χ3n) is 4.92. The standard InChI is InChI=1S/C19H35N3O2/c1-5-8-9-22(4)14-16-13-20-21-19(16)15-10-17(23-6-2)12-18(11-15)24-7-3/h13,15,17-18H,5-12,14H2,1-4H3,(H,20,21). The molecular formula is C19H35N3O2. The lowest BCUT2D eigenvalue weighted by Crippen LogP contribution is -2.33. The summed E-state index contributed by atoms with van der Waals surface area (Å²) in [5.41, 5.74) is 2.61. The Hall–Kier alpha value is -0.910. The van der Waals surface area contributed by atoms with Crippen LogP contribution in [0.3, 0.4) is 0 Å². The molecule has 1 aliphatic carbocycles. The summed E-state index contributed by atoms with van der Waals surface area (Å²) in [4.78, 5) is 2.39. The van der Waals surface area contributed by atoms with Crippen molar-refractivity contribution in [2.75, 3.05) is 26.8 Å². The van der Waals surface area contributed by atoms with E-state index < -0.39 is 0 Å². The molecule has 0 aliphatic heterocycles. The van der Waals surface area contributed by atoms with E-state index in [9.17, 15) is 0 Å². The number of rotatable bonds is 10. The van der Waals surface area contributed by atoms with Crippen molar-refractivity contribution in [2.24, 2.45) is 0 Å². The number of ether oxygens (including phenoxy) is 2. The maximum atomic E-state index is 5.94. The van der Waals surface area contributed by atoms with E-state index in [2.05, 4.69) is 42.9 Å². The highest BCUT2D eigenvalue weighted by Gasteiger charge is 2.32. The number of aromatic nitrogens is 2. The van der Waals surface area contributed by atoms with Gasteiger partial charge in [-0.15, -0.1) is 0 Å². The van der Waals surface area contributed by atoms with Crippen molar-refractivity contribution in [2.45, 2.75) is 77.5 Å². The molecule has 1 aliphatic rings. The van der Waals surface area contributed by atoms with Gasteiger partial charge in [0.15, 0.2) is 0 Å². The van der Waals surface area contributed by atoms with Crippen LogP contribution in [0.4, 0.5) is 0 Å². The molecule has 5 heteroatoms. The number of H-pyrrole nitrogens is 1. The van der Waals surface area contributed by atoms with Crippen LogP contribution in [-0.2, 0) is 16.0 Å². The minimum absolute atomic E-state index is 0.291. The second-order valence-electron chi connectivity index (χ2n) is 6.96. The molecule has 5 nitrogen and oxygen atoms in total. The summed E-state index contributed by atoms with van der Waals surface area (Å²) < 4.78 is 11.9. The van der Waals surface area contributed by atoms with Gasteiger partial charge in [-0.3, -0.25) is 5.10 Å². The van der Waals surface area contributed by atoms with Crippen molar-refractivity contribution in [1.29, 1.82) is 0 Å². The smallest absolute Gasteiger partial charge is 0.0606 e. The zero-order valence-electron chi connectivity index (χ0n) is 15.9. The van der Waals surface area contributed by atoms with E-state index >= 15 is 0 Å². The molecule has 0 spiro atoms. The first-order valence-electron chi connectivity index (χ1n) is 9.61. The minimum atomic E-state index is 0.291. The first-order valence-corrected chi connectivity index (χ1v) is 9.61. The molecule has 0 saturated heterocycles. The Labute approximate surface area is 147 Å². The zero-order chi connectivity index (χ0) is 17.4. The van der Waals surface area contributed by atoms with Crippen LogP contribution in [-0.4, -0.2) is 54.1 Å². The summed E-state index contributed by atoms with van der Waals surface area (Å²) in [6, 6.07) is 0. The van der Waals surface area contributed by atoms with E-state index in [0.29, 0.717) is 18.1 Å². The quantitative estimate of drug-likeness (QED) is 0.707. The Morgan fingerprint density at radius 2 is 1.79 bits per heavy atom. The normalized spacial score (nSPS) is 24.6. The lowest BCUT2D eigenvalue weighted by Gasteiger charge is -2.34. The number of aromatic amines is 1. The fourth-order valence-corrected chi connectivity index (χ4v) is 3.79. The van der Waals surface area contributed by atoms with Gasteiger partial charge in [-0.25, -0.2) is 0 Å². The summed E-state index contributed by atoms with van der Waals surface area (Å²) in [7, 11) is 2.19. The van der Waals surface area contributed by atoms with E-state index in [1.54, 1.807) is 0 Å². The van der Waals surface area contributed by atoms with Gasteiger partial charge in [0, 0.05) is 36.9 Å². The highest BCUT2D eigenvalue weighted by atomic mass is 16.5. The molecular weight excluding hydrogens is 302 g/mol. The fourth-order valence-electron chi connectivity index (χ4n) is 3.79. The van der Waals surface area contributed by atoms with Crippen molar-refractivity contribution in [3.63, 3.8) is 0 Å². The Kier molecular flexibility index (Phi) is 8.22. The van der Waals surface area contributed by atoms with Crippen molar-refractivity contribution in [1.82, 2.24) is 15.1 Å². The largest absolute Gasteiger partial charge is 0.378 e. The summed E-state index contributed by atoms with van der Waals surface area (Å²) >= 11 is 0. The number of hydrogen-bond donors (Lipinski definition) is 1. The van der Waals surface area contributed by atoms with Crippen LogP contribution < -0.4 is 0 Å². The Morgan fingerprint density at radius 3 is 2.38 bits per heavy atom. The van der Waals surface area contributed by atoms with Gasteiger partial charge in [0.05, 0.1) is 18.4 Å². The molecule has 138 valence electrons. The fraction of sp³-hybridized carbons (Fsp3) is 0.842. The zero-order valence-corrected chi connectivity index (χ0v) is 15.9. The van der Waals surface area contributed by atoms with Gasteiger partial charge in [0.2, 0.25) is 0 Å². The predicted molar refractivity (Wildman–Crippen MR) is 97.2 cm³/mol. The van der Waals surface area contributed by atoms with Crippen LogP contribution in [0.1, 0.15) is 70.1 Å². The molecule has 1 aromatic rings. The molecule has 1 heterocycles. The SMILES string of the molecule is CCCCN(C)Cc1cn[nH]c1C1CC(OCC)CC(OCC)C1.